The maximum atomic E-state index is 12.1. The van der Waals surface area contributed by atoms with Gasteiger partial charge in [-0.15, -0.1) is 0 Å². The number of nitrogens with two attached hydrogens (primary N) is 1. The van der Waals surface area contributed by atoms with Crippen molar-refractivity contribution in [2.24, 2.45) is 7.05 Å². The molecule has 1 heterocycles. The number of nitrogens with one attached hydrogen (secondary N) is 1. The fourth-order valence-electron chi connectivity index (χ4n) is 1.77. The van der Waals surface area contributed by atoms with E-state index in [1.165, 1.54) is 11.6 Å². The van der Waals surface area contributed by atoms with E-state index in [1.807, 2.05) is 6.92 Å². The van der Waals surface area contributed by atoms with Crippen molar-refractivity contribution in [1.82, 2.24) is 9.13 Å². The largest absolute Gasteiger partial charge is 0.394 e. The van der Waals surface area contributed by atoms with Crippen LogP contribution >= 0.6 is 0 Å². The predicted octanol–water partition coefficient (Wildman–Crippen LogP) is -1.31. The second-order valence-electron chi connectivity index (χ2n) is 5.06. The average Bonchev–Trinajstić information content (AvgIpc) is 2.46. The van der Waals surface area contributed by atoms with Gasteiger partial charge in [-0.25, -0.2) is 4.79 Å². The van der Waals surface area contributed by atoms with Crippen LogP contribution in [0, 0.1) is 0 Å². The highest BCUT2D eigenvalue weighted by Crippen LogP contribution is 2.17. The van der Waals surface area contributed by atoms with Gasteiger partial charge in [-0.1, -0.05) is 6.92 Å². The number of aliphatic hydroxyl groups excluding tert-OH is 2. The Kier molecular flexibility index (Phi) is 4.96. The van der Waals surface area contributed by atoms with E-state index in [9.17, 15) is 19.8 Å². The standard InChI is InChI=1S/C12H22N4O4/c1-4-5-16-9(13)8(10(19)15(3)11(16)20)14-12(2,6-17)7-18/h14,17-18H,4-7,13H2,1-3H3. The van der Waals surface area contributed by atoms with Gasteiger partial charge in [0, 0.05) is 13.6 Å². The molecule has 0 saturated carbocycles. The van der Waals surface area contributed by atoms with Crippen molar-refractivity contribution < 1.29 is 10.2 Å². The number of aromatic nitrogens is 2. The molecular weight excluding hydrogens is 264 g/mol. The summed E-state index contributed by atoms with van der Waals surface area (Å²) in [4.78, 5) is 24.1. The van der Waals surface area contributed by atoms with Crippen LogP contribution in [0.25, 0.3) is 0 Å². The fourth-order valence-corrected chi connectivity index (χ4v) is 1.77. The lowest BCUT2D eigenvalue weighted by Gasteiger charge is -2.28. The highest BCUT2D eigenvalue weighted by atomic mass is 16.3. The quantitative estimate of drug-likeness (QED) is 0.515. The molecule has 1 aromatic heterocycles. The Morgan fingerprint density at radius 2 is 1.85 bits per heavy atom. The average molecular weight is 286 g/mol. The Bertz CT molecular complexity index is 586. The number of aliphatic hydroxyl groups is 2. The lowest BCUT2D eigenvalue weighted by atomic mass is 10.1. The Labute approximate surface area is 116 Å². The van der Waals surface area contributed by atoms with Gasteiger partial charge in [-0.3, -0.25) is 13.9 Å². The molecule has 0 bridgehead atoms. The van der Waals surface area contributed by atoms with Gasteiger partial charge < -0.3 is 21.3 Å². The second kappa shape index (κ2) is 6.10. The number of nitrogens with zero attached hydrogens (tertiary/aromatic N) is 2. The van der Waals surface area contributed by atoms with Crippen LogP contribution in [-0.4, -0.2) is 38.1 Å². The molecule has 0 atom stereocenters. The maximum absolute atomic E-state index is 12.1. The topological polar surface area (TPSA) is 123 Å². The lowest BCUT2D eigenvalue weighted by Crippen LogP contribution is -2.47. The van der Waals surface area contributed by atoms with Gasteiger partial charge in [-0.2, -0.15) is 0 Å². The highest BCUT2D eigenvalue weighted by molar-refractivity contribution is 5.62. The monoisotopic (exact) mass is 286 g/mol. The Balaban J connectivity index is 3.48. The van der Waals surface area contributed by atoms with Crippen LogP contribution in [-0.2, 0) is 13.6 Å². The van der Waals surface area contributed by atoms with E-state index in [-0.39, 0.29) is 24.7 Å². The molecule has 0 spiro atoms. The van der Waals surface area contributed by atoms with Crippen LogP contribution in [0.5, 0.6) is 0 Å². The van der Waals surface area contributed by atoms with E-state index in [2.05, 4.69) is 5.32 Å². The van der Waals surface area contributed by atoms with Crippen LogP contribution in [0.15, 0.2) is 9.59 Å². The first-order valence-corrected chi connectivity index (χ1v) is 6.40. The van der Waals surface area contributed by atoms with Crippen LogP contribution in [0.1, 0.15) is 20.3 Å². The molecule has 0 saturated heterocycles. The van der Waals surface area contributed by atoms with Gasteiger partial charge in [-0.05, 0) is 13.3 Å². The summed E-state index contributed by atoms with van der Waals surface area (Å²) in [5, 5.41) is 21.3. The minimum Gasteiger partial charge on any atom is -0.394 e. The summed E-state index contributed by atoms with van der Waals surface area (Å²) in [6.07, 6.45) is 0.680. The number of hydrogen-bond donors (Lipinski definition) is 4. The third-order valence-corrected chi connectivity index (χ3v) is 3.16. The first-order valence-electron chi connectivity index (χ1n) is 6.40. The summed E-state index contributed by atoms with van der Waals surface area (Å²) in [6.45, 7) is 3.03. The smallest absolute Gasteiger partial charge is 0.332 e. The van der Waals surface area contributed by atoms with Gasteiger partial charge in [0.15, 0.2) is 0 Å². The lowest BCUT2D eigenvalue weighted by molar-refractivity contribution is 0.147. The Hall–Kier alpha value is -1.80. The molecule has 1 rings (SSSR count). The van der Waals surface area contributed by atoms with E-state index >= 15 is 0 Å². The summed E-state index contributed by atoms with van der Waals surface area (Å²) >= 11 is 0. The molecule has 20 heavy (non-hydrogen) atoms. The summed E-state index contributed by atoms with van der Waals surface area (Å²) in [5.41, 5.74) is 3.70. The minimum absolute atomic E-state index is 0.00569. The number of nitrogen functional groups attached to an aromatic ring is 1. The van der Waals surface area contributed by atoms with E-state index in [1.54, 1.807) is 6.92 Å². The van der Waals surface area contributed by atoms with E-state index < -0.39 is 16.8 Å². The predicted molar refractivity (Wildman–Crippen MR) is 76.8 cm³/mol. The van der Waals surface area contributed by atoms with Gasteiger partial charge in [0.2, 0.25) is 0 Å². The van der Waals surface area contributed by atoms with Crippen molar-refractivity contribution >= 4 is 11.5 Å². The van der Waals surface area contributed by atoms with Gasteiger partial charge in [0.05, 0.1) is 18.8 Å². The zero-order valence-electron chi connectivity index (χ0n) is 12.0. The van der Waals surface area contributed by atoms with E-state index in [0.717, 1.165) is 4.57 Å². The normalized spacial score (nSPS) is 11.7. The summed E-state index contributed by atoms with van der Waals surface area (Å²) in [6, 6.07) is 0. The molecule has 114 valence electrons. The zero-order chi connectivity index (χ0) is 15.5. The second-order valence-corrected chi connectivity index (χ2v) is 5.06. The summed E-state index contributed by atoms with van der Waals surface area (Å²) in [7, 11) is 1.36. The molecular formula is C12H22N4O4. The third-order valence-electron chi connectivity index (χ3n) is 3.16. The van der Waals surface area contributed by atoms with Crippen molar-refractivity contribution in [3.63, 3.8) is 0 Å². The molecule has 0 aliphatic rings. The zero-order valence-corrected chi connectivity index (χ0v) is 12.0. The van der Waals surface area contributed by atoms with Crippen LogP contribution in [0.3, 0.4) is 0 Å². The van der Waals surface area contributed by atoms with Crippen molar-refractivity contribution in [1.29, 1.82) is 0 Å². The third kappa shape index (κ3) is 2.86. The molecule has 0 unspecified atom stereocenters. The summed E-state index contributed by atoms with van der Waals surface area (Å²) < 4.78 is 2.24. The first kappa shape index (κ1) is 16.3. The van der Waals surface area contributed by atoms with Gasteiger partial charge >= 0.3 is 5.69 Å². The first-order chi connectivity index (χ1) is 9.31. The molecule has 0 aliphatic carbocycles. The number of anilines is 2. The van der Waals surface area contributed by atoms with E-state index in [0.29, 0.717) is 13.0 Å². The van der Waals surface area contributed by atoms with E-state index in [4.69, 9.17) is 5.73 Å². The minimum atomic E-state index is -1.10. The SMILES string of the molecule is CCCn1c(N)c(NC(C)(CO)CO)c(=O)n(C)c1=O. The van der Waals surface area contributed by atoms with Crippen LogP contribution in [0.2, 0.25) is 0 Å². The molecule has 0 fully saturated rings. The van der Waals surface area contributed by atoms with Gasteiger partial charge in [0.25, 0.3) is 5.56 Å². The molecule has 8 heteroatoms. The van der Waals surface area contributed by atoms with Crippen LogP contribution < -0.4 is 22.3 Å². The molecule has 0 aliphatic heterocycles. The Morgan fingerprint density at radius 1 is 1.30 bits per heavy atom. The molecule has 0 amide bonds. The number of hydrogen-bond acceptors (Lipinski definition) is 6. The van der Waals surface area contributed by atoms with Gasteiger partial charge in [0.1, 0.15) is 11.5 Å². The number of rotatable bonds is 6. The molecule has 5 N–H and O–H groups in total. The van der Waals surface area contributed by atoms with Crippen LogP contribution in [0.4, 0.5) is 11.5 Å². The molecule has 8 nitrogen and oxygen atoms in total. The van der Waals surface area contributed by atoms with Crippen molar-refractivity contribution in [2.75, 3.05) is 24.3 Å². The molecule has 1 aromatic rings. The summed E-state index contributed by atoms with van der Waals surface area (Å²) in [5.74, 6) is 0.00748. The Morgan fingerprint density at radius 3 is 2.30 bits per heavy atom. The van der Waals surface area contributed by atoms with Crippen molar-refractivity contribution in [2.45, 2.75) is 32.4 Å². The fraction of sp³-hybridized carbons (Fsp3) is 0.667. The van der Waals surface area contributed by atoms with Crippen molar-refractivity contribution in [3.8, 4) is 0 Å². The maximum Gasteiger partial charge on any atom is 0.332 e. The molecule has 0 radical (unpaired) electrons. The molecule has 0 aromatic carbocycles. The van der Waals surface area contributed by atoms with Crippen molar-refractivity contribution in [3.05, 3.63) is 20.8 Å². The highest BCUT2D eigenvalue weighted by Gasteiger charge is 2.26.